The van der Waals surface area contributed by atoms with Gasteiger partial charge in [0.05, 0.1) is 0 Å². The van der Waals surface area contributed by atoms with Crippen molar-refractivity contribution in [2.45, 2.75) is 39.4 Å². The minimum absolute atomic E-state index is 0.0235. The molecule has 0 saturated carbocycles. The third-order valence-electron chi connectivity index (χ3n) is 2.90. The number of carbonyl (C=O) groups excluding carboxylic acids is 1. The van der Waals surface area contributed by atoms with E-state index in [1.54, 1.807) is 0 Å². The fourth-order valence-corrected chi connectivity index (χ4v) is 2.14. The third kappa shape index (κ3) is 1.97. The van der Waals surface area contributed by atoms with Crippen molar-refractivity contribution < 1.29 is 4.79 Å². The number of rotatable bonds is 2. The first-order valence-electron chi connectivity index (χ1n) is 5.83. The summed E-state index contributed by atoms with van der Waals surface area (Å²) in [6.07, 6.45) is 0. The van der Waals surface area contributed by atoms with Gasteiger partial charge in [-0.1, -0.05) is 0 Å². The summed E-state index contributed by atoms with van der Waals surface area (Å²) < 4.78 is 2.11. The van der Waals surface area contributed by atoms with Gasteiger partial charge in [-0.25, -0.2) is 0 Å². The summed E-state index contributed by atoms with van der Waals surface area (Å²) in [5, 5.41) is 6.31. The standard InChI is InChI=1S/C12H19N3O/c1-8(2)14-12(16)11-5-4-10-9(3)13-6-7-15(10)11/h4-5,8-9,13H,6-7H2,1-3H3,(H,14,16)/t9-/m0/s1. The topological polar surface area (TPSA) is 46.1 Å². The first-order chi connectivity index (χ1) is 7.59. The first-order valence-corrected chi connectivity index (χ1v) is 5.83. The van der Waals surface area contributed by atoms with Crippen LogP contribution in [-0.4, -0.2) is 23.1 Å². The Morgan fingerprint density at radius 3 is 3.00 bits per heavy atom. The molecule has 0 saturated heterocycles. The van der Waals surface area contributed by atoms with E-state index < -0.39 is 0 Å². The maximum Gasteiger partial charge on any atom is 0.268 e. The van der Waals surface area contributed by atoms with Crippen LogP contribution < -0.4 is 10.6 Å². The zero-order valence-corrected chi connectivity index (χ0v) is 10.1. The fourth-order valence-electron chi connectivity index (χ4n) is 2.14. The lowest BCUT2D eigenvalue weighted by Crippen LogP contribution is -2.36. The van der Waals surface area contributed by atoms with Gasteiger partial charge >= 0.3 is 0 Å². The predicted molar refractivity (Wildman–Crippen MR) is 63.5 cm³/mol. The molecule has 1 amide bonds. The predicted octanol–water partition coefficient (Wildman–Crippen LogP) is 1.29. The molecule has 2 heterocycles. The van der Waals surface area contributed by atoms with Crippen molar-refractivity contribution in [2.24, 2.45) is 0 Å². The van der Waals surface area contributed by atoms with Gasteiger partial charge in [0, 0.05) is 30.9 Å². The van der Waals surface area contributed by atoms with E-state index in [0.717, 1.165) is 18.8 Å². The summed E-state index contributed by atoms with van der Waals surface area (Å²) in [5.74, 6) is 0.0235. The van der Waals surface area contributed by atoms with Crippen molar-refractivity contribution in [3.05, 3.63) is 23.5 Å². The molecule has 0 aromatic carbocycles. The average Bonchev–Trinajstić information content (AvgIpc) is 2.61. The van der Waals surface area contributed by atoms with Crippen molar-refractivity contribution in [3.8, 4) is 0 Å². The minimum Gasteiger partial charge on any atom is -0.349 e. The van der Waals surface area contributed by atoms with Gasteiger partial charge < -0.3 is 15.2 Å². The lowest BCUT2D eigenvalue weighted by molar-refractivity contribution is 0.0932. The van der Waals surface area contributed by atoms with E-state index in [4.69, 9.17) is 0 Å². The Morgan fingerprint density at radius 1 is 1.56 bits per heavy atom. The minimum atomic E-state index is 0.0235. The van der Waals surface area contributed by atoms with Gasteiger partial charge in [-0.3, -0.25) is 4.79 Å². The zero-order valence-electron chi connectivity index (χ0n) is 10.1. The Hall–Kier alpha value is -1.29. The largest absolute Gasteiger partial charge is 0.349 e. The number of aromatic nitrogens is 1. The maximum absolute atomic E-state index is 11.9. The highest BCUT2D eigenvalue weighted by molar-refractivity contribution is 5.93. The number of hydrogen-bond acceptors (Lipinski definition) is 2. The molecule has 1 aromatic heterocycles. The second kappa shape index (κ2) is 4.29. The summed E-state index contributed by atoms with van der Waals surface area (Å²) in [5.41, 5.74) is 1.97. The Kier molecular flexibility index (Phi) is 3.01. The number of amides is 1. The van der Waals surface area contributed by atoms with Crippen LogP contribution >= 0.6 is 0 Å². The molecule has 2 N–H and O–H groups in total. The summed E-state index contributed by atoms with van der Waals surface area (Å²) >= 11 is 0. The Bertz CT molecular complexity index is 395. The first kappa shape index (κ1) is 11.2. The van der Waals surface area contributed by atoms with Crippen molar-refractivity contribution in [2.75, 3.05) is 6.54 Å². The fraction of sp³-hybridized carbons (Fsp3) is 0.583. The van der Waals surface area contributed by atoms with Gasteiger partial charge in [0.2, 0.25) is 0 Å². The van der Waals surface area contributed by atoms with E-state index in [0.29, 0.717) is 6.04 Å². The van der Waals surface area contributed by atoms with Gasteiger partial charge in [-0.2, -0.15) is 0 Å². The summed E-state index contributed by atoms with van der Waals surface area (Å²) in [7, 11) is 0. The highest BCUT2D eigenvalue weighted by Crippen LogP contribution is 2.20. The molecule has 1 aliphatic rings. The van der Waals surface area contributed by atoms with Crippen LogP contribution in [0.25, 0.3) is 0 Å². The van der Waals surface area contributed by atoms with E-state index >= 15 is 0 Å². The van der Waals surface area contributed by atoms with Crippen LogP contribution in [-0.2, 0) is 6.54 Å². The van der Waals surface area contributed by atoms with E-state index in [1.165, 1.54) is 5.69 Å². The van der Waals surface area contributed by atoms with Crippen LogP contribution in [0.3, 0.4) is 0 Å². The molecular weight excluding hydrogens is 202 g/mol. The molecule has 0 fully saturated rings. The monoisotopic (exact) mass is 221 g/mol. The molecule has 0 spiro atoms. The Labute approximate surface area is 96.0 Å². The SMILES string of the molecule is CC(C)NC(=O)c1ccc2n1CCN[C@H]2C. The molecule has 16 heavy (non-hydrogen) atoms. The second-order valence-corrected chi connectivity index (χ2v) is 4.60. The van der Waals surface area contributed by atoms with Gasteiger partial charge in [0.1, 0.15) is 5.69 Å². The molecule has 0 bridgehead atoms. The van der Waals surface area contributed by atoms with Crippen LogP contribution in [0.1, 0.15) is 43.0 Å². The van der Waals surface area contributed by atoms with Gasteiger partial charge in [-0.05, 0) is 32.9 Å². The van der Waals surface area contributed by atoms with Crippen LogP contribution in [0.5, 0.6) is 0 Å². The Morgan fingerprint density at radius 2 is 2.31 bits per heavy atom. The van der Waals surface area contributed by atoms with Gasteiger partial charge in [0.25, 0.3) is 5.91 Å². The van der Waals surface area contributed by atoms with Gasteiger partial charge in [-0.15, -0.1) is 0 Å². The zero-order chi connectivity index (χ0) is 11.7. The highest BCUT2D eigenvalue weighted by atomic mass is 16.2. The summed E-state index contributed by atoms with van der Waals surface area (Å²) in [4.78, 5) is 11.9. The molecule has 88 valence electrons. The van der Waals surface area contributed by atoms with E-state index in [9.17, 15) is 4.79 Å². The van der Waals surface area contributed by atoms with Crippen LogP contribution in [0.15, 0.2) is 12.1 Å². The molecular formula is C12H19N3O. The highest BCUT2D eigenvalue weighted by Gasteiger charge is 2.21. The normalized spacial score (nSPS) is 19.6. The average molecular weight is 221 g/mol. The Balaban J connectivity index is 2.26. The maximum atomic E-state index is 11.9. The van der Waals surface area contributed by atoms with Crippen LogP contribution in [0, 0.1) is 0 Å². The third-order valence-corrected chi connectivity index (χ3v) is 2.90. The number of fused-ring (bicyclic) bond motifs is 1. The number of hydrogen-bond donors (Lipinski definition) is 2. The molecule has 0 unspecified atom stereocenters. The molecule has 4 heteroatoms. The molecule has 1 aromatic rings. The van der Waals surface area contributed by atoms with Crippen molar-refractivity contribution in [1.82, 2.24) is 15.2 Å². The number of nitrogens with one attached hydrogen (secondary N) is 2. The van der Waals surface area contributed by atoms with Gasteiger partial charge in [0.15, 0.2) is 0 Å². The molecule has 1 atom stereocenters. The van der Waals surface area contributed by atoms with Crippen molar-refractivity contribution >= 4 is 5.91 Å². The molecule has 0 radical (unpaired) electrons. The second-order valence-electron chi connectivity index (χ2n) is 4.60. The summed E-state index contributed by atoms with van der Waals surface area (Å²) in [6, 6.07) is 4.45. The van der Waals surface area contributed by atoms with Crippen molar-refractivity contribution in [3.63, 3.8) is 0 Å². The van der Waals surface area contributed by atoms with Crippen molar-refractivity contribution in [1.29, 1.82) is 0 Å². The van der Waals surface area contributed by atoms with E-state index in [1.807, 2.05) is 26.0 Å². The quantitative estimate of drug-likeness (QED) is 0.790. The molecule has 2 rings (SSSR count). The number of nitrogens with zero attached hydrogens (tertiary/aromatic N) is 1. The molecule has 1 aliphatic heterocycles. The lowest BCUT2D eigenvalue weighted by Gasteiger charge is -2.24. The van der Waals surface area contributed by atoms with Crippen LogP contribution in [0.4, 0.5) is 0 Å². The molecule has 0 aliphatic carbocycles. The van der Waals surface area contributed by atoms with E-state index in [-0.39, 0.29) is 11.9 Å². The van der Waals surface area contributed by atoms with Crippen LogP contribution in [0.2, 0.25) is 0 Å². The lowest BCUT2D eigenvalue weighted by atomic mass is 10.2. The smallest absolute Gasteiger partial charge is 0.268 e. The molecule has 4 nitrogen and oxygen atoms in total. The van der Waals surface area contributed by atoms with E-state index in [2.05, 4.69) is 22.1 Å². The summed E-state index contributed by atoms with van der Waals surface area (Å²) in [6.45, 7) is 7.86. The number of carbonyl (C=O) groups is 1.